The Morgan fingerprint density at radius 2 is 1.80 bits per heavy atom. The zero-order chi connectivity index (χ0) is 24.2. The summed E-state index contributed by atoms with van der Waals surface area (Å²) in [4.78, 5) is 18.2. The van der Waals surface area contributed by atoms with Gasteiger partial charge in [0.2, 0.25) is 0 Å². The largest absolute Gasteiger partial charge is 0.497 e. The van der Waals surface area contributed by atoms with Crippen molar-refractivity contribution >= 4 is 10.9 Å². The molecule has 5 rings (SSSR count). The van der Waals surface area contributed by atoms with Crippen LogP contribution >= 0.6 is 0 Å². The van der Waals surface area contributed by atoms with E-state index in [1.54, 1.807) is 14.2 Å². The molecule has 2 heterocycles. The molecule has 9 nitrogen and oxygen atoms in total. The lowest BCUT2D eigenvalue weighted by Crippen LogP contribution is -2.28. The molecule has 0 bridgehead atoms. The van der Waals surface area contributed by atoms with Crippen molar-refractivity contribution in [1.29, 1.82) is 0 Å². The fourth-order valence-corrected chi connectivity index (χ4v) is 4.91. The van der Waals surface area contributed by atoms with E-state index in [0.29, 0.717) is 31.2 Å². The Morgan fingerprint density at radius 3 is 2.60 bits per heavy atom. The molecule has 0 radical (unpaired) electrons. The number of H-pyrrole nitrogens is 1. The Morgan fingerprint density at radius 1 is 1.00 bits per heavy atom. The van der Waals surface area contributed by atoms with Crippen LogP contribution in [0.3, 0.4) is 0 Å². The summed E-state index contributed by atoms with van der Waals surface area (Å²) < 4.78 is 12.9. The summed E-state index contributed by atoms with van der Waals surface area (Å²) in [7, 11) is 3.31. The van der Waals surface area contributed by atoms with Gasteiger partial charge in [0.1, 0.15) is 11.5 Å². The molecule has 0 aliphatic heterocycles. The highest BCUT2D eigenvalue weighted by Gasteiger charge is 2.23. The summed E-state index contributed by atoms with van der Waals surface area (Å²) in [6.07, 6.45) is 4.59. The average molecular weight is 475 g/mol. The third-order valence-electron chi connectivity index (χ3n) is 6.71. The molecule has 1 aliphatic rings. The number of methoxy groups -OCH3 is 2. The molecule has 35 heavy (non-hydrogen) atoms. The van der Waals surface area contributed by atoms with Crippen LogP contribution < -0.4 is 15.0 Å². The number of hydrogen-bond acceptors (Lipinski definition) is 7. The Kier molecular flexibility index (Phi) is 6.76. The number of hydrogen-bond donors (Lipinski definition) is 1. The lowest BCUT2D eigenvalue weighted by atomic mass is 10.1. The van der Waals surface area contributed by atoms with Crippen molar-refractivity contribution in [3.63, 3.8) is 0 Å². The van der Waals surface area contributed by atoms with Gasteiger partial charge < -0.3 is 14.5 Å². The van der Waals surface area contributed by atoms with Gasteiger partial charge in [0.05, 0.1) is 26.8 Å². The first-order chi connectivity index (χ1) is 17.1. The van der Waals surface area contributed by atoms with E-state index >= 15 is 0 Å². The summed E-state index contributed by atoms with van der Waals surface area (Å²) >= 11 is 0. The number of aromatic nitrogens is 5. The second-order valence-corrected chi connectivity index (χ2v) is 9.01. The topological polar surface area (TPSA) is 98.2 Å². The fourth-order valence-electron chi connectivity index (χ4n) is 4.91. The Balaban J connectivity index is 1.48. The van der Waals surface area contributed by atoms with E-state index in [1.807, 2.05) is 53.2 Å². The number of nitrogens with one attached hydrogen (secondary N) is 1. The number of para-hydroxylation sites is 1. The highest BCUT2D eigenvalue weighted by atomic mass is 16.5. The van der Waals surface area contributed by atoms with E-state index < -0.39 is 0 Å². The van der Waals surface area contributed by atoms with Crippen molar-refractivity contribution in [2.45, 2.75) is 51.4 Å². The Hall–Kier alpha value is -3.72. The maximum Gasteiger partial charge on any atom is 0.252 e. The fraction of sp³-hybridized carbons (Fsp3) is 0.385. The van der Waals surface area contributed by atoms with Crippen molar-refractivity contribution in [3.05, 3.63) is 75.8 Å². The number of tetrazole rings is 1. The molecular weight excluding hydrogens is 444 g/mol. The molecule has 1 aliphatic carbocycles. The second kappa shape index (κ2) is 10.3. The van der Waals surface area contributed by atoms with Gasteiger partial charge in [0, 0.05) is 35.1 Å². The molecule has 0 atom stereocenters. The van der Waals surface area contributed by atoms with Gasteiger partial charge in [0.15, 0.2) is 5.82 Å². The minimum atomic E-state index is -0.108. The molecule has 0 saturated heterocycles. The standard InChI is InChI=1S/C26H30N6O3/c1-34-22-11-12-23-19(14-22)13-20(26(33)27-23)16-31(15-18-7-3-6-10-24(18)35-2)17-25-28-29-30-32(25)21-8-4-5-9-21/h3,6-7,10-14,21H,4-5,8-9,15-17H2,1-2H3,(H,27,33). The first-order valence-electron chi connectivity index (χ1n) is 12.0. The van der Waals surface area contributed by atoms with E-state index in [-0.39, 0.29) is 5.56 Å². The maximum atomic E-state index is 13.0. The van der Waals surface area contributed by atoms with Gasteiger partial charge in [-0.1, -0.05) is 31.0 Å². The lowest BCUT2D eigenvalue weighted by Gasteiger charge is -2.23. The van der Waals surface area contributed by atoms with E-state index in [2.05, 4.69) is 25.4 Å². The molecule has 2 aromatic heterocycles. The minimum Gasteiger partial charge on any atom is -0.497 e. The van der Waals surface area contributed by atoms with Crippen LogP contribution in [0.25, 0.3) is 10.9 Å². The van der Waals surface area contributed by atoms with Crippen LogP contribution in [0, 0.1) is 0 Å². The highest BCUT2D eigenvalue weighted by molar-refractivity contribution is 5.80. The summed E-state index contributed by atoms with van der Waals surface area (Å²) in [5, 5.41) is 13.5. The molecule has 1 saturated carbocycles. The van der Waals surface area contributed by atoms with E-state index in [4.69, 9.17) is 9.47 Å². The summed E-state index contributed by atoms with van der Waals surface area (Å²) in [5.41, 5.74) is 2.37. The molecular formula is C26H30N6O3. The van der Waals surface area contributed by atoms with Gasteiger partial charge in [-0.15, -0.1) is 5.10 Å². The molecule has 4 aromatic rings. The zero-order valence-electron chi connectivity index (χ0n) is 20.1. The van der Waals surface area contributed by atoms with E-state index in [9.17, 15) is 4.79 Å². The predicted octanol–water partition coefficient (Wildman–Crippen LogP) is 3.85. The summed E-state index contributed by atoms with van der Waals surface area (Å²) in [6, 6.07) is 15.8. The third kappa shape index (κ3) is 5.05. The molecule has 0 spiro atoms. The molecule has 1 fully saturated rings. The first kappa shape index (κ1) is 23.0. The van der Waals surface area contributed by atoms with E-state index in [1.165, 1.54) is 12.8 Å². The van der Waals surface area contributed by atoms with Crippen LogP contribution in [0.1, 0.15) is 48.7 Å². The second-order valence-electron chi connectivity index (χ2n) is 9.01. The van der Waals surface area contributed by atoms with Gasteiger partial charge in [-0.2, -0.15) is 0 Å². The number of aromatic amines is 1. The molecule has 0 unspecified atom stereocenters. The quantitative estimate of drug-likeness (QED) is 0.393. The number of fused-ring (bicyclic) bond motifs is 1. The maximum absolute atomic E-state index is 13.0. The summed E-state index contributed by atoms with van der Waals surface area (Å²) in [6.45, 7) is 1.52. The molecule has 1 N–H and O–H groups in total. The summed E-state index contributed by atoms with van der Waals surface area (Å²) in [5.74, 6) is 2.37. The molecule has 2 aromatic carbocycles. The normalized spacial score (nSPS) is 14.1. The molecule has 182 valence electrons. The van der Waals surface area contributed by atoms with Crippen molar-refractivity contribution in [2.75, 3.05) is 14.2 Å². The smallest absolute Gasteiger partial charge is 0.252 e. The number of pyridine rings is 1. The van der Waals surface area contributed by atoms with Gasteiger partial charge >= 0.3 is 0 Å². The predicted molar refractivity (Wildman–Crippen MR) is 132 cm³/mol. The average Bonchev–Trinajstić information content (AvgIpc) is 3.56. The van der Waals surface area contributed by atoms with Crippen molar-refractivity contribution in [2.24, 2.45) is 0 Å². The zero-order valence-corrected chi connectivity index (χ0v) is 20.1. The van der Waals surface area contributed by atoms with Crippen LogP contribution in [0.15, 0.2) is 53.3 Å². The Labute approximate surface area is 203 Å². The van der Waals surface area contributed by atoms with Gasteiger partial charge in [-0.05, 0) is 53.6 Å². The molecule has 9 heteroatoms. The molecule has 0 amide bonds. The third-order valence-corrected chi connectivity index (χ3v) is 6.71. The number of ether oxygens (including phenoxy) is 2. The van der Waals surface area contributed by atoms with Crippen LogP contribution in [0.2, 0.25) is 0 Å². The monoisotopic (exact) mass is 474 g/mol. The minimum absolute atomic E-state index is 0.108. The van der Waals surface area contributed by atoms with E-state index in [0.717, 1.165) is 46.6 Å². The van der Waals surface area contributed by atoms with Crippen LogP contribution in [-0.4, -0.2) is 44.3 Å². The van der Waals surface area contributed by atoms with Crippen LogP contribution in [0.4, 0.5) is 0 Å². The first-order valence-corrected chi connectivity index (χ1v) is 12.0. The van der Waals surface area contributed by atoms with Crippen molar-refractivity contribution in [3.8, 4) is 11.5 Å². The van der Waals surface area contributed by atoms with Gasteiger partial charge in [0.25, 0.3) is 5.56 Å². The highest BCUT2D eigenvalue weighted by Crippen LogP contribution is 2.30. The number of benzene rings is 2. The van der Waals surface area contributed by atoms with Crippen LogP contribution in [0.5, 0.6) is 11.5 Å². The van der Waals surface area contributed by atoms with Gasteiger partial charge in [-0.3, -0.25) is 9.69 Å². The SMILES string of the molecule is COc1ccc2[nH]c(=O)c(CN(Cc3ccccc3OC)Cc3nnnn3C3CCCC3)cc2c1. The van der Waals surface area contributed by atoms with Crippen LogP contribution in [-0.2, 0) is 19.6 Å². The van der Waals surface area contributed by atoms with Crippen molar-refractivity contribution in [1.82, 2.24) is 30.1 Å². The van der Waals surface area contributed by atoms with Crippen molar-refractivity contribution < 1.29 is 9.47 Å². The number of nitrogens with zero attached hydrogens (tertiary/aromatic N) is 5. The Bertz CT molecular complexity index is 1360. The lowest BCUT2D eigenvalue weighted by molar-refractivity contribution is 0.228. The van der Waals surface area contributed by atoms with Gasteiger partial charge in [-0.25, -0.2) is 4.68 Å². The number of rotatable bonds is 9.